The van der Waals surface area contributed by atoms with Crippen LogP contribution < -0.4 is 0 Å². The Hall–Kier alpha value is -0.390. The van der Waals surface area contributed by atoms with Crippen molar-refractivity contribution in [3.05, 3.63) is 17.5 Å². The van der Waals surface area contributed by atoms with Gasteiger partial charge in [-0.05, 0) is 11.4 Å². The summed E-state index contributed by atoms with van der Waals surface area (Å²) in [5.41, 5.74) is 0. The smallest absolute Gasteiger partial charge is 0.281 e. The minimum Gasteiger partial charge on any atom is -0.281 e. The van der Waals surface area contributed by atoms with E-state index in [-0.39, 0.29) is 4.21 Å². The number of hydrogen-bond donors (Lipinski definition) is 1. The second kappa shape index (κ2) is 4.48. The van der Waals surface area contributed by atoms with Gasteiger partial charge in [0.1, 0.15) is 4.21 Å². The largest absolute Gasteiger partial charge is 0.304 e. The molecule has 0 spiro atoms. The Morgan fingerprint density at radius 1 is 1.45 bits per heavy atom. The molecule has 0 aliphatic carbocycles. The van der Waals surface area contributed by atoms with E-state index in [1.807, 2.05) is 13.8 Å². The molecule has 0 aliphatic rings. The minimum absolute atomic E-state index is 0.0116. The molecule has 0 aliphatic heterocycles. The molecule has 0 fully saturated rings. The monoisotopic (exact) mass is 194 g/mol. The van der Waals surface area contributed by atoms with Crippen LogP contribution >= 0.6 is 11.3 Å². The lowest BCUT2D eigenvalue weighted by Gasteiger charge is -1.84. The fourth-order valence-electron chi connectivity index (χ4n) is 0.410. The molecule has 0 bridgehead atoms. The van der Waals surface area contributed by atoms with Crippen molar-refractivity contribution in [1.29, 1.82) is 0 Å². The Morgan fingerprint density at radius 2 is 2.00 bits per heavy atom. The van der Waals surface area contributed by atoms with Crippen molar-refractivity contribution >= 4 is 21.5 Å². The lowest BCUT2D eigenvalue weighted by Crippen LogP contribution is -1.92. The summed E-state index contributed by atoms with van der Waals surface area (Å²) in [4.78, 5) is 0. The van der Waals surface area contributed by atoms with Crippen molar-refractivity contribution < 1.29 is 13.0 Å². The van der Waals surface area contributed by atoms with Gasteiger partial charge in [0.15, 0.2) is 0 Å². The molecule has 1 heterocycles. The zero-order valence-corrected chi connectivity index (χ0v) is 7.95. The third-order valence-corrected chi connectivity index (χ3v) is 2.98. The molecule has 1 aromatic rings. The quantitative estimate of drug-likeness (QED) is 0.696. The molecule has 0 unspecified atom stereocenters. The zero-order chi connectivity index (χ0) is 8.91. The fourth-order valence-corrected chi connectivity index (χ4v) is 1.76. The summed E-state index contributed by atoms with van der Waals surface area (Å²) in [6, 6.07) is 2.91. The predicted molar refractivity (Wildman–Crippen MR) is 45.5 cm³/mol. The third kappa shape index (κ3) is 3.50. The molecule has 0 amide bonds. The summed E-state index contributed by atoms with van der Waals surface area (Å²) in [7, 11) is -3.94. The molecule has 0 saturated carbocycles. The Kier molecular flexibility index (Phi) is 4.32. The minimum atomic E-state index is -3.94. The first-order valence-electron chi connectivity index (χ1n) is 3.12. The predicted octanol–water partition coefficient (Wildman–Crippen LogP) is 2.02. The van der Waals surface area contributed by atoms with Gasteiger partial charge in [-0.3, -0.25) is 4.55 Å². The maximum absolute atomic E-state index is 10.3. The van der Waals surface area contributed by atoms with Gasteiger partial charge in [0.2, 0.25) is 0 Å². The molecule has 5 heteroatoms. The van der Waals surface area contributed by atoms with Crippen LogP contribution in [0.3, 0.4) is 0 Å². The lowest BCUT2D eigenvalue weighted by molar-refractivity contribution is 0.485. The first-order chi connectivity index (χ1) is 5.11. The van der Waals surface area contributed by atoms with E-state index >= 15 is 0 Å². The molecule has 1 N–H and O–H groups in total. The maximum atomic E-state index is 10.3. The van der Waals surface area contributed by atoms with Crippen LogP contribution in [0.5, 0.6) is 0 Å². The molecule has 0 atom stereocenters. The highest BCUT2D eigenvalue weighted by molar-refractivity contribution is 7.88. The van der Waals surface area contributed by atoms with Crippen LogP contribution in [-0.4, -0.2) is 13.0 Å². The molecular formula is C6H10O3S2. The Morgan fingerprint density at radius 3 is 2.18 bits per heavy atom. The van der Waals surface area contributed by atoms with E-state index < -0.39 is 10.1 Å². The van der Waals surface area contributed by atoms with Crippen molar-refractivity contribution in [3.63, 3.8) is 0 Å². The normalized spacial score (nSPS) is 10.1. The third-order valence-electron chi connectivity index (χ3n) is 0.749. The van der Waals surface area contributed by atoms with Gasteiger partial charge >= 0.3 is 10.1 Å². The Labute approximate surface area is 70.4 Å². The standard InChI is InChI=1S/C4H4O3S2.C2H6/c5-9(6,7)4-2-1-3-8-4;1-2/h1-3H,(H,5,6,7);1-2H3. The van der Waals surface area contributed by atoms with Gasteiger partial charge in [-0.1, -0.05) is 19.9 Å². The van der Waals surface area contributed by atoms with Gasteiger partial charge in [-0.2, -0.15) is 8.42 Å². The van der Waals surface area contributed by atoms with Gasteiger partial charge in [0.25, 0.3) is 0 Å². The summed E-state index contributed by atoms with van der Waals surface area (Å²) in [5.74, 6) is 0. The molecule has 0 saturated heterocycles. The lowest BCUT2D eigenvalue weighted by atomic mass is 10.7. The van der Waals surface area contributed by atoms with Crippen molar-refractivity contribution in [3.8, 4) is 0 Å². The molecule has 1 rings (SSSR count). The van der Waals surface area contributed by atoms with Gasteiger partial charge in [-0.15, -0.1) is 11.3 Å². The average Bonchev–Trinajstić information content (AvgIpc) is 2.40. The Balaban J connectivity index is 0.000000461. The maximum Gasteiger partial charge on any atom is 0.304 e. The summed E-state index contributed by atoms with van der Waals surface area (Å²) in [6.07, 6.45) is 0. The molecule has 3 nitrogen and oxygen atoms in total. The van der Waals surface area contributed by atoms with Crippen LogP contribution in [-0.2, 0) is 10.1 Å². The van der Waals surface area contributed by atoms with E-state index in [0.29, 0.717) is 0 Å². The topological polar surface area (TPSA) is 54.4 Å². The van der Waals surface area contributed by atoms with E-state index in [4.69, 9.17) is 4.55 Å². The van der Waals surface area contributed by atoms with E-state index in [9.17, 15) is 8.42 Å². The van der Waals surface area contributed by atoms with Crippen LogP contribution in [0.15, 0.2) is 21.7 Å². The van der Waals surface area contributed by atoms with Crippen LogP contribution in [0.4, 0.5) is 0 Å². The summed E-state index contributed by atoms with van der Waals surface area (Å²) < 4.78 is 28.9. The zero-order valence-electron chi connectivity index (χ0n) is 6.31. The van der Waals surface area contributed by atoms with Gasteiger partial charge in [0.05, 0.1) is 0 Å². The summed E-state index contributed by atoms with van der Waals surface area (Å²) in [5, 5.41) is 1.59. The van der Waals surface area contributed by atoms with Crippen LogP contribution in [0.25, 0.3) is 0 Å². The molecule has 0 radical (unpaired) electrons. The Bertz CT molecular complexity index is 273. The number of thiophene rings is 1. The second-order valence-corrected chi connectivity index (χ2v) is 4.00. The van der Waals surface area contributed by atoms with Crippen molar-refractivity contribution in [1.82, 2.24) is 0 Å². The summed E-state index contributed by atoms with van der Waals surface area (Å²) in [6.45, 7) is 4.00. The van der Waals surface area contributed by atoms with Crippen molar-refractivity contribution in [2.24, 2.45) is 0 Å². The van der Waals surface area contributed by atoms with E-state index in [0.717, 1.165) is 11.3 Å². The van der Waals surface area contributed by atoms with Gasteiger partial charge in [0, 0.05) is 0 Å². The van der Waals surface area contributed by atoms with Gasteiger partial charge < -0.3 is 0 Å². The van der Waals surface area contributed by atoms with Crippen LogP contribution in [0, 0.1) is 0 Å². The summed E-state index contributed by atoms with van der Waals surface area (Å²) >= 11 is 0.992. The molecular weight excluding hydrogens is 184 g/mol. The van der Waals surface area contributed by atoms with E-state index in [1.165, 1.54) is 6.07 Å². The highest BCUT2D eigenvalue weighted by atomic mass is 32.3. The number of rotatable bonds is 1. The molecule has 0 aromatic carbocycles. The van der Waals surface area contributed by atoms with Crippen LogP contribution in [0.2, 0.25) is 0 Å². The fraction of sp³-hybridized carbons (Fsp3) is 0.333. The molecule has 1 aromatic heterocycles. The highest BCUT2D eigenvalue weighted by Gasteiger charge is 2.08. The van der Waals surface area contributed by atoms with Crippen molar-refractivity contribution in [2.45, 2.75) is 18.1 Å². The SMILES string of the molecule is CC.O=S(=O)(O)c1cccs1. The second-order valence-electron chi connectivity index (χ2n) is 1.41. The molecule has 64 valence electrons. The highest BCUT2D eigenvalue weighted by Crippen LogP contribution is 2.14. The average molecular weight is 194 g/mol. The first kappa shape index (κ1) is 10.6. The van der Waals surface area contributed by atoms with E-state index in [2.05, 4.69) is 0 Å². The van der Waals surface area contributed by atoms with E-state index in [1.54, 1.807) is 11.4 Å². The molecule has 11 heavy (non-hydrogen) atoms. The van der Waals surface area contributed by atoms with Gasteiger partial charge in [-0.25, -0.2) is 0 Å². The van der Waals surface area contributed by atoms with Crippen molar-refractivity contribution in [2.75, 3.05) is 0 Å². The van der Waals surface area contributed by atoms with Crippen LogP contribution in [0.1, 0.15) is 13.8 Å². The number of hydrogen-bond acceptors (Lipinski definition) is 3. The first-order valence-corrected chi connectivity index (χ1v) is 5.43.